The molecule has 2 N–H and O–H groups in total. The molecule has 92 valence electrons. The van der Waals surface area contributed by atoms with E-state index in [1.807, 2.05) is 19.1 Å². The monoisotopic (exact) mass is 233 g/mol. The molecular formula is C13H19N3O. The number of rotatable bonds is 3. The van der Waals surface area contributed by atoms with E-state index in [4.69, 9.17) is 0 Å². The van der Waals surface area contributed by atoms with Crippen LogP contribution in [0.5, 0.6) is 0 Å². The fraction of sp³-hybridized carbons (Fsp3) is 0.538. The van der Waals surface area contributed by atoms with E-state index in [1.165, 1.54) is 6.42 Å². The minimum Gasteiger partial charge on any atom is -0.348 e. The first-order valence-corrected chi connectivity index (χ1v) is 6.21. The van der Waals surface area contributed by atoms with Gasteiger partial charge >= 0.3 is 0 Å². The molecule has 1 fully saturated rings. The molecule has 1 amide bonds. The van der Waals surface area contributed by atoms with E-state index in [9.17, 15) is 4.79 Å². The van der Waals surface area contributed by atoms with Gasteiger partial charge in [-0.2, -0.15) is 0 Å². The molecule has 2 rings (SSSR count). The summed E-state index contributed by atoms with van der Waals surface area (Å²) in [5.41, 5.74) is 1.09. The summed E-state index contributed by atoms with van der Waals surface area (Å²) >= 11 is 0. The van der Waals surface area contributed by atoms with Gasteiger partial charge in [-0.15, -0.1) is 0 Å². The van der Waals surface area contributed by atoms with Crippen molar-refractivity contribution in [1.29, 1.82) is 0 Å². The lowest BCUT2D eigenvalue weighted by Gasteiger charge is -2.24. The highest BCUT2D eigenvalue weighted by molar-refractivity contribution is 5.82. The summed E-state index contributed by atoms with van der Waals surface area (Å²) in [7, 11) is 0. The second-order valence-corrected chi connectivity index (χ2v) is 4.51. The van der Waals surface area contributed by atoms with Crippen LogP contribution >= 0.6 is 0 Å². The van der Waals surface area contributed by atoms with Crippen LogP contribution in [0.25, 0.3) is 0 Å². The molecule has 17 heavy (non-hydrogen) atoms. The second-order valence-electron chi connectivity index (χ2n) is 4.51. The maximum absolute atomic E-state index is 12.0. The van der Waals surface area contributed by atoms with Crippen molar-refractivity contribution < 1.29 is 4.79 Å². The predicted molar refractivity (Wildman–Crippen MR) is 66.4 cm³/mol. The number of carbonyl (C=O) groups excluding carboxylic acids is 1. The van der Waals surface area contributed by atoms with Crippen LogP contribution in [-0.2, 0) is 4.79 Å². The number of nitrogens with one attached hydrogen (secondary N) is 2. The molecule has 0 radical (unpaired) electrons. The Labute approximate surface area is 102 Å². The van der Waals surface area contributed by atoms with Crippen molar-refractivity contribution >= 4 is 5.91 Å². The molecule has 1 saturated heterocycles. The van der Waals surface area contributed by atoms with Gasteiger partial charge in [-0.25, -0.2) is 0 Å². The highest BCUT2D eigenvalue weighted by Crippen LogP contribution is 2.12. The van der Waals surface area contributed by atoms with E-state index < -0.39 is 0 Å². The molecule has 0 aliphatic carbocycles. The van der Waals surface area contributed by atoms with Gasteiger partial charge in [0.1, 0.15) is 0 Å². The molecule has 4 heteroatoms. The van der Waals surface area contributed by atoms with Gasteiger partial charge in [0.05, 0.1) is 12.1 Å². The Morgan fingerprint density at radius 1 is 1.47 bits per heavy atom. The lowest BCUT2D eigenvalue weighted by atomic mass is 10.0. The molecule has 0 aromatic carbocycles. The van der Waals surface area contributed by atoms with Crippen LogP contribution in [0.1, 0.15) is 37.8 Å². The first-order valence-electron chi connectivity index (χ1n) is 6.21. The summed E-state index contributed by atoms with van der Waals surface area (Å²) in [5.74, 6) is 0.106. The molecule has 2 unspecified atom stereocenters. The molecule has 0 saturated carbocycles. The Kier molecular flexibility index (Phi) is 4.09. The quantitative estimate of drug-likeness (QED) is 0.829. The number of carbonyl (C=O) groups is 1. The molecule has 4 nitrogen and oxygen atoms in total. The molecule has 1 aromatic heterocycles. The van der Waals surface area contributed by atoms with Crippen molar-refractivity contribution in [2.24, 2.45) is 0 Å². The first kappa shape index (κ1) is 12.0. The Morgan fingerprint density at radius 3 is 2.88 bits per heavy atom. The number of hydrogen-bond acceptors (Lipinski definition) is 3. The van der Waals surface area contributed by atoms with Crippen LogP contribution in [0, 0.1) is 0 Å². The van der Waals surface area contributed by atoms with Gasteiger partial charge in [-0.1, -0.05) is 6.42 Å². The number of nitrogens with zero attached hydrogens (tertiary/aromatic N) is 1. The highest BCUT2D eigenvalue weighted by Gasteiger charge is 2.21. The van der Waals surface area contributed by atoms with E-state index in [0.29, 0.717) is 0 Å². The van der Waals surface area contributed by atoms with Crippen LogP contribution in [-0.4, -0.2) is 23.5 Å². The van der Waals surface area contributed by atoms with E-state index >= 15 is 0 Å². The third-order valence-corrected chi connectivity index (χ3v) is 3.19. The normalized spacial score (nSPS) is 21.8. The summed E-state index contributed by atoms with van der Waals surface area (Å²) in [6.45, 7) is 2.94. The Morgan fingerprint density at radius 2 is 2.24 bits per heavy atom. The molecule has 1 aliphatic heterocycles. The Bertz CT molecular complexity index is 360. The third kappa shape index (κ3) is 3.27. The largest absolute Gasteiger partial charge is 0.348 e. The number of amides is 1. The van der Waals surface area contributed by atoms with Crippen LogP contribution < -0.4 is 10.6 Å². The van der Waals surface area contributed by atoms with E-state index in [2.05, 4.69) is 15.6 Å². The minimum atomic E-state index is -0.0203. The van der Waals surface area contributed by atoms with Gasteiger partial charge in [0.25, 0.3) is 0 Å². The maximum atomic E-state index is 12.0. The van der Waals surface area contributed by atoms with Crippen molar-refractivity contribution in [3.8, 4) is 0 Å². The summed E-state index contributed by atoms with van der Waals surface area (Å²) in [5, 5.41) is 6.29. The lowest BCUT2D eigenvalue weighted by molar-refractivity contribution is -0.124. The van der Waals surface area contributed by atoms with Gasteiger partial charge < -0.3 is 10.6 Å². The molecule has 1 aromatic rings. The van der Waals surface area contributed by atoms with Crippen LogP contribution in [0.4, 0.5) is 0 Å². The fourth-order valence-electron chi connectivity index (χ4n) is 2.13. The Balaban J connectivity index is 1.89. The second kappa shape index (κ2) is 5.77. The van der Waals surface area contributed by atoms with Crippen LogP contribution in [0.2, 0.25) is 0 Å². The van der Waals surface area contributed by atoms with Crippen molar-refractivity contribution in [3.05, 3.63) is 30.1 Å². The number of piperidine rings is 1. The van der Waals surface area contributed by atoms with E-state index in [1.54, 1.807) is 12.4 Å². The highest BCUT2D eigenvalue weighted by atomic mass is 16.2. The summed E-state index contributed by atoms with van der Waals surface area (Å²) in [4.78, 5) is 16.0. The average molecular weight is 233 g/mol. The molecular weight excluding hydrogens is 214 g/mol. The van der Waals surface area contributed by atoms with E-state index in [0.717, 1.165) is 24.9 Å². The van der Waals surface area contributed by atoms with Gasteiger partial charge in [0.15, 0.2) is 0 Å². The van der Waals surface area contributed by atoms with Gasteiger partial charge in [-0.3, -0.25) is 9.78 Å². The van der Waals surface area contributed by atoms with Crippen molar-refractivity contribution in [2.75, 3.05) is 6.54 Å². The minimum absolute atomic E-state index is 0.0203. The van der Waals surface area contributed by atoms with E-state index in [-0.39, 0.29) is 18.0 Å². The molecule has 0 bridgehead atoms. The molecule has 1 aliphatic rings. The van der Waals surface area contributed by atoms with Gasteiger partial charge in [0, 0.05) is 12.4 Å². The Hall–Kier alpha value is -1.42. The zero-order valence-corrected chi connectivity index (χ0v) is 10.1. The van der Waals surface area contributed by atoms with Gasteiger partial charge in [0.2, 0.25) is 5.91 Å². The number of pyridine rings is 1. The van der Waals surface area contributed by atoms with Crippen molar-refractivity contribution in [3.63, 3.8) is 0 Å². The average Bonchev–Trinajstić information content (AvgIpc) is 2.40. The maximum Gasteiger partial charge on any atom is 0.237 e. The summed E-state index contributed by atoms with van der Waals surface area (Å²) in [6.07, 6.45) is 6.74. The fourth-order valence-corrected chi connectivity index (χ4v) is 2.13. The summed E-state index contributed by atoms with van der Waals surface area (Å²) in [6, 6.07) is 3.88. The predicted octanol–water partition coefficient (Wildman–Crippen LogP) is 1.40. The lowest BCUT2D eigenvalue weighted by Crippen LogP contribution is -2.47. The molecule has 2 heterocycles. The molecule has 2 atom stereocenters. The zero-order chi connectivity index (χ0) is 12.1. The van der Waals surface area contributed by atoms with Crippen molar-refractivity contribution in [2.45, 2.75) is 38.3 Å². The van der Waals surface area contributed by atoms with Crippen LogP contribution in [0.3, 0.4) is 0 Å². The standard InChI is InChI=1S/C13H19N3O/c1-10(11-5-8-14-9-6-11)16-13(17)12-4-2-3-7-15-12/h5-6,8-10,12,15H,2-4,7H2,1H3,(H,16,17). The number of aromatic nitrogens is 1. The third-order valence-electron chi connectivity index (χ3n) is 3.19. The number of hydrogen-bond donors (Lipinski definition) is 2. The SMILES string of the molecule is CC(NC(=O)C1CCCCN1)c1ccncc1. The molecule has 0 spiro atoms. The van der Waals surface area contributed by atoms with Gasteiger partial charge in [-0.05, 0) is 44.0 Å². The van der Waals surface area contributed by atoms with Crippen molar-refractivity contribution in [1.82, 2.24) is 15.6 Å². The van der Waals surface area contributed by atoms with Crippen LogP contribution in [0.15, 0.2) is 24.5 Å². The first-order chi connectivity index (χ1) is 8.27. The smallest absolute Gasteiger partial charge is 0.237 e. The summed E-state index contributed by atoms with van der Waals surface area (Å²) < 4.78 is 0. The topological polar surface area (TPSA) is 54.0 Å². The zero-order valence-electron chi connectivity index (χ0n) is 10.1.